The highest BCUT2D eigenvalue weighted by Crippen LogP contribution is 2.33. The lowest BCUT2D eigenvalue weighted by atomic mass is 9.93. The number of alkyl halides is 3. The van der Waals surface area contributed by atoms with Crippen molar-refractivity contribution >= 4 is 16.7 Å². The van der Waals surface area contributed by atoms with Crippen LogP contribution < -0.4 is 10.6 Å². The van der Waals surface area contributed by atoms with Gasteiger partial charge in [0.15, 0.2) is 0 Å². The Labute approximate surface area is 171 Å². The molecule has 3 aromatic carbocycles. The predicted molar refractivity (Wildman–Crippen MR) is 109 cm³/mol. The average Bonchev–Trinajstić information content (AvgIpc) is 2.70. The largest absolute Gasteiger partial charge is 0.416 e. The van der Waals surface area contributed by atoms with Gasteiger partial charge in [-0.25, -0.2) is 0 Å². The van der Waals surface area contributed by atoms with Crippen LogP contribution in [0.1, 0.15) is 15.9 Å². The van der Waals surface area contributed by atoms with Crippen molar-refractivity contribution in [2.45, 2.75) is 12.2 Å². The maximum Gasteiger partial charge on any atom is 0.416 e. The molecular weight excluding hydrogens is 393 g/mol. The molecule has 3 N–H and O–H groups in total. The molecule has 7 heteroatoms. The zero-order valence-corrected chi connectivity index (χ0v) is 16.0. The molecule has 1 atom stereocenters. The first kappa shape index (κ1) is 20.4. The molecule has 0 spiro atoms. The second-order valence-electron chi connectivity index (χ2n) is 7.50. The van der Waals surface area contributed by atoms with Gasteiger partial charge in [0.25, 0.3) is 5.91 Å². The summed E-state index contributed by atoms with van der Waals surface area (Å²) in [5.74, 6) is -0.0477. The number of benzene rings is 3. The van der Waals surface area contributed by atoms with Gasteiger partial charge in [-0.05, 0) is 46.2 Å². The number of aliphatic hydroxyl groups excluding tert-OH is 1. The van der Waals surface area contributed by atoms with Gasteiger partial charge in [-0.3, -0.25) is 4.79 Å². The first-order chi connectivity index (χ1) is 14.4. The van der Waals surface area contributed by atoms with Crippen molar-refractivity contribution in [3.05, 3.63) is 71.8 Å². The van der Waals surface area contributed by atoms with E-state index in [1.54, 1.807) is 18.2 Å². The fourth-order valence-electron chi connectivity index (χ4n) is 3.68. The zero-order valence-electron chi connectivity index (χ0n) is 16.0. The third-order valence-corrected chi connectivity index (χ3v) is 5.56. The highest BCUT2D eigenvalue weighted by atomic mass is 19.4. The zero-order chi connectivity index (χ0) is 21.3. The Morgan fingerprint density at radius 1 is 1.10 bits per heavy atom. The summed E-state index contributed by atoms with van der Waals surface area (Å²) in [6, 6.07) is 15.5. The molecule has 1 amide bonds. The van der Waals surface area contributed by atoms with Gasteiger partial charge in [-0.1, -0.05) is 36.4 Å². The number of carbonyl (C=O) groups excluding carboxylic acids is 1. The minimum Gasteiger partial charge on any atom is -0.394 e. The molecule has 0 radical (unpaired) electrons. The summed E-state index contributed by atoms with van der Waals surface area (Å²) in [4.78, 5) is 12.6. The first-order valence-electron chi connectivity index (χ1n) is 9.69. The number of aliphatic hydroxyl groups is 1. The van der Waals surface area contributed by atoms with Crippen LogP contribution in [0.2, 0.25) is 0 Å². The maximum atomic E-state index is 12.8. The molecule has 1 aliphatic heterocycles. The molecule has 0 aliphatic carbocycles. The van der Waals surface area contributed by atoms with E-state index in [-0.39, 0.29) is 24.5 Å². The molecule has 0 saturated carbocycles. The summed E-state index contributed by atoms with van der Waals surface area (Å²) in [5.41, 5.74) is 1.24. The molecule has 1 saturated heterocycles. The Balaban J connectivity index is 1.61. The van der Waals surface area contributed by atoms with Crippen molar-refractivity contribution in [1.29, 1.82) is 0 Å². The summed E-state index contributed by atoms with van der Waals surface area (Å²) >= 11 is 0. The number of fused-ring (bicyclic) bond motifs is 1. The van der Waals surface area contributed by atoms with E-state index in [9.17, 15) is 23.1 Å². The van der Waals surface area contributed by atoms with Crippen LogP contribution in [-0.2, 0) is 6.18 Å². The minimum atomic E-state index is -4.37. The van der Waals surface area contributed by atoms with Crippen molar-refractivity contribution in [2.75, 3.05) is 19.7 Å². The fourth-order valence-corrected chi connectivity index (χ4v) is 3.68. The van der Waals surface area contributed by atoms with E-state index < -0.39 is 11.7 Å². The Hall–Kier alpha value is -2.90. The van der Waals surface area contributed by atoms with E-state index in [1.807, 2.05) is 18.2 Å². The molecule has 156 valence electrons. The van der Waals surface area contributed by atoms with Gasteiger partial charge in [0.2, 0.25) is 0 Å². The number of nitrogens with one attached hydrogen (secondary N) is 2. The van der Waals surface area contributed by atoms with Crippen molar-refractivity contribution < 1.29 is 23.1 Å². The van der Waals surface area contributed by atoms with Crippen LogP contribution in [0, 0.1) is 5.92 Å². The number of rotatable bonds is 5. The van der Waals surface area contributed by atoms with Gasteiger partial charge in [-0.2, -0.15) is 13.2 Å². The molecule has 0 bridgehead atoms. The molecule has 0 aromatic heterocycles. The van der Waals surface area contributed by atoms with E-state index in [0.29, 0.717) is 11.1 Å². The second kappa shape index (κ2) is 8.08. The number of amides is 1. The van der Waals surface area contributed by atoms with E-state index >= 15 is 0 Å². The van der Waals surface area contributed by atoms with E-state index in [4.69, 9.17) is 0 Å². The maximum absolute atomic E-state index is 12.8. The summed E-state index contributed by atoms with van der Waals surface area (Å²) in [6.45, 7) is 1.41. The second-order valence-corrected chi connectivity index (χ2v) is 7.50. The normalized spacial score (nSPS) is 15.6. The monoisotopic (exact) mass is 414 g/mol. The van der Waals surface area contributed by atoms with E-state index in [0.717, 1.165) is 41.6 Å². The SMILES string of the molecule is O=C(NC(CO)C1CNC1)c1ccc2c(-c3ccc(C(F)(F)F)cc3)cccc2c1. The lowest BCUT2D eigenvalue weighted by molar-refractivity contribution is -0.137. The van der Waals surface area contributed by atoms with E-state index in [2.05, 4.69) is 10.6 Å². The van der Waals surface area contributed by atoms with E-state index in [1.165, 1.54) is 12.1 Å². The minimum absolute atomic E-state index is 0.121. The van der Waals surface area contributed by atoms with Crippen LogP contribution in [0.25, 0.3) is 21.9 Å². The Morgan fingerprint density at radius 3 is 2.43 bits per heavy atom. The standard InChI is InChI=1S/C23H21F3N2O2/c24-23(25,26)18-7-4-14(5-8-18)19-3-1-2-15-10-16(6-9-20(15)19)22(30)28-21(13-29)17-11-27-12-17/h1-10,17,21,27,29H,11-13H2,(H,28,30). The highest BCUT2D eigenvalue weighted by molar-refractivity contribution is 6.02. The molecule has 4 rings (SSSR count). The number of hydrogen-bond acceptors (Lipinski definition) is 3. The molecule has 1 heterocycles. The highest BCUT2D eigenvalue weighted by Gasteiger charge is 2.30. The predicted octanol–water partition coefficient (Wildman–Crippen LogP) is 3.84. The molecular formula is C23H21F3N2O2. The quantitative estimate of drug-likeness (QED) is 0.595. The molecule has 1 fully saturated rings. The van der Waals surface area contributed by atoms with Crippen molar-refractivity contribution in [3.8, 4) is 11.1 Å². The van der Waals surface area contributed by atoms with Crippen LogP contribution in [0.15, 0.2) is 60.7 Å². The average molecular weight is 414 g/mol. The summed E-state index contributed by atoms with van der Waals surface area (Å²) in [5, 5.41) is 17.2. The molecule has 1 unspecified atom stereocenters. The van der Waals surface area contributed by atoms with Crippen LogP contribution in [-0.4, -0.2) is 36.8 Å². The first-order valence-corrected chi connectivity index (χ1v) is 9.69. The van der Waals surface area contributed by atoms with Crippen molar-refractivity contribution in [1.82, 2.24) is 10.6 Å². The smallest absolute Gasteiger partial charge is 0.394 e. The van der Waals surface area contributed by atoms with Gasteiger partial charge in [0.05, 0.1) is 18.2 Å². The molecule has 4 nitrogen and oxygen atoms in total. The van der Waals surface area contributed by atoms with Gasteiger partial charge < -0.3 is 15.7 Å². The van der Waals surface area contributed by atoms with Gasteiger partial charge in [-0.15, -0.1) is 0 Å². The van der Waals surface area contributed by atoms with Gasteiger partial charge >= 0.3 is 6.18 Å². The fraction of sp³-hybridized carbons (Fsp3) is 0.261. The Morgan fingerprint density at radius 2 is 1.83 bits per heavy atom. The lowest BCUT2D eigenvalue weighted by Crippen LogP contribution is -2.56. The van der Waals surface area contributed by atoms with Crippen LogP contribution in [0.5, 0.6) is 0 Å². The third-order valence-electron chi connectivity index (χ3n) is 5.56. The summed E-state index contributed by atoms with van der Waals surface area (Å²) in [7, 11) is 0. The van der Waals surface area contributed by atoms with Crippen molar-refractivity contribution in [2.24, 2.45) is 5.92 Å². The molecule has 1 aliphatic rings. The number of hydrogen-bond donors (Lipinski definition) is 3. The van der Waals surface area contributed by atoms with Crippen LogP contribution in [0.4, 0.5) is 13.2 Å². The van der Waals surface area contributed by atoms with Crippen LogP contribution >= 0.6 is 0 Å². The Kier molecular flexibility index (Phi) is 5.49. The van der Waals surface area contributed by atoms with Gasteiger partial charge in [0.1, 0.15) is 0 Å². The van der Waals surface area contributed by atoms with Crippen LogP contribution in [0.3, 0.4) is 0 Å². The number of halogens is 3. The third kappa shape index (κ3) is 4.04. The molecule has 3 aromatic rings. The topological polar surface area (TPSA) is 61.4 Å². The van der Waals surface area contributed by atoms with Gasteiger partial charge in [0, 0.05) is 24.6 Å². The number of carbonyl (C=O) groups is 1. The molecule has 30 heavy (non-hydrogen) atoms. The lowest BCUT2D eigenvalue weighted by Gasteiger charge is -2.34. The summed E-state index contributed by atoms with van der Waals surface area (Å²) in [6.07, 6.45) is -4.37. The van der Waals surface area contributed by atoms with Crippen molar-refractivity contribution in [3.63, 3.8) is 0 Å². The summed E-state index contributed by atoms with van der Waals surface area (Å²) < 4.78 is 38.5. The Bertz CT molecular complexity index is 1060.